The molecule has 4 saturated carbocycles. The molecule has 0 amide bonds. The highest BCUT2D eigenvalue weighted by molar-refractivity contribution is 5.79. The number of carbonyl (C=O) groups excluding carboxylic acids is 1. The molecular weight excluding hydrogens is 332 g/mol. The fourth-order valence-electron chi connectivity index (χ4n) is 7.95. The van der Waals surface area contributed by atoms with Gasteiger partial charge in [0.15, 0.2) is 0 Å². The van der Waals surface area contributed by atoms with E-state index in [-0.39, 0.29) is 13.5 Å². The van der Waals surface area contributed by atoms with Crippen LogP contribution in [0, 0.1) is 40.4 Å². The summed E-state index contributed by atoms with van der Waals surface area (Å²) in [5.41, 5.74) is 0.895. The molecule has 7 unspecified atom stereocenters. The normalized spacial score (nSPS) is 46.7. The van der Waals surface area contributed by atoms with Crippen LogP contribution in [0.3, 0.4) is 0 Å². The number of aliphatic hydroxyl groups is 1. The molecular formula is C25H46O2. The van der Waals surface area contributed by atoms with Crippen LogP contribution >= 0.6 is 0 Å². The highest BCUT2D eigenvalue weighted by Crippen LogP contribution is 2.67. The highest BCUT2D eigenvalue weighted by Gasteiger charge is 2.59. The van der Waals surface area contributed by atoms with Crippen LogP contribution < -0.4 is 0 Å². The summed E-state index contributed by atoms with van der Waals surface area (Å²) in [7, 11) is 0. The number of carbonyl (C=O) groups is 1. The molecule has 0 bridgehead atoms. The van der Waals surface area contributed by atoms with Gasteiger partial charge in [-0.15, -0.1) is 0 Å². The largest absolute Gasteiger partial charge is 0.393 e. The molecule has 2 nitrogen and oxygen atoms in total. The van der Waals surface area contributed by atoms with Gasteiger partial charge in [0.25, 0.3) is 0 Å². The Labute approximate surface area is 168 Å². The van der Waals surface area contributed by atoms with E-state index in [0.717, 1.165) is 49.4 Å². The molecule has 1 N–H and O–H groups in total. The average molecular weight is 379 g/mol. The Kier molecular flexibility index (Phi) is 7.26. The zero-order valence-corrected chi connectivity index (χ0v) is 17.9. The van der Waals surface area contributed by atoms with Gasteiger partial charge >= 0.3 is 0 Å². The summed E-state index contributed by atoms with van der Waals surface area (Å²) in [5, 5.41) is 9.94. The third kappa shape index (κ3) is 3.77. The van der Waals surface area contributed by atoms with E-state index in [0.29, 0.717) is 22.5 Å². The Balaban J connectivity index is 0.000000844. The number of fused-ring (bicyclic) bond motifs is 5. The van der Waals surface area contributed by atoms with Crippen LogP contribution in [0.4, 0.5) is 0 Å². The maximum absolute atomic E-state index is 12.0. The average Bonchev–Trinajstić information content (AvgIpc) is 2.93. The first kappa shape index (κ1) is 22.9. The monoisotopic (exact) mass is 378 g/mol. The van der Waals surface area contributed by atoms with E-state index in [1.165, 1.54) is 38.5 Å². The van der Waals surface area contributed by atoms with Gasteiger partial charge in [0.2, 0.25) is 0 Å². The van der Waals surface area contributed by atoms with Crippen LogP contribution in [0.1, 0.15) is 106 Å². The highest BCUT2D eigenvalue weighted by atomic mass is 16.3. The van der Waals surface area contributed by atoms with Crippen molar-refractivity contribution in [1.82, 2.24) is 0 Å². The van der Waals surface area contributed by atoms with Gasteiger partial charge in [-0.1, -0.05) is 35.1 Å². The predicted octanol–water partition coefficient (Wildman–Crippen LogP) is 6.65. The predicted molar refractivity (Wildman–Crippen MR) is 115 cm³/mol. The van der Waals surface area contributed by atoms with Crippen molar-refractivity contribution < 1.29 is 9.90 Å². The molecule has 0 aromatic heterocycles. The van der Waals surface area contributed by atoms with Gasteiger partial charge < -0.3 is 5.11 Å². The van der Waals surface area contributed by atoms with Crippen molar-refractivity contribution in [2.24, 2.45) is 40.4 Å². The number of hydrogen-bond acceptors (Lipinski definition) is 2. The second kappa shape index (κ2) is 8.56. The first-order valence-corrected chi connectivity index (χ1v) is 11.5. The minimum atomic E-state index is -0.152. The second-order valence-corrected chi connectivity index (χ2v) is 10.3. The van der Waals surface area contributed by atoms with E-state index >= 15 is 0 Å². The van der Waals surface area contributed by atoms with Crippen molar-refractivity contribution in [3.05, 3.63) is 0 Å². The molecule has 4 fully saturated rings. The molecule has 0 heterocycles. The lowest BCUT2D eigenvalue weighted by Gasteiger charge is -2.60. The first-order valence-electron chi connectivity index (χ1n) is 11.5. The van der Waals surface area contributed by atoms with Gasteiger partial charge in [-0.2, -0.15) is 0 Å². The molecule has 8 atom stereocenters. The molecule has 0 aromatic carbocycles. The van der Waals surface area contributed by atoms with Gasteiger partial charge in [0.1, 0.15) is 5.78 Å². The van der Waals surface area contributed by atoms with Gasteiger partial charge in [-0.3, -0.25) is 4.79 Å². The van der Waals surface area contributed by atoms with Crippen molar-refractivity contribution in [2.45, 2.75) is 112 Å². The number of ketones is 1. The topological polar surface area (TPSA) is 37.3 Å². The molecule has 4 aliphatic carbocycles. The van der Waals surface area contributed by atoms with Gasteiger partial charge in [-0.05, 0) is 98.7 Å². The molecule has 4 rings (SSSR count). The standard InChI is InChI=1S/C22H36O2.C2H6.CH4/c1-14(23)12-15-5-7-19-18-6-4-16-13-17(24)8-10-21(16,2)20(18)9-11-22(15,19)3;1-2;/h14-16,18-20,23H,4-13H2,1-3H3;1-2H3;1H4/t14?,15?,16?,18-,19?,20?,21?,22?;;/m0../s1. The molecule has 0 radical (unpaired) electrons. The summed E-state index contributed by atoms with van der Waals surface area (Å²) in [6.07, 6.45) is 11.8. The van der Waals surface area contributed by atoms with Crippen molar-refractivity contribution in [1.29, 1.82) is 0 Å². The Morgan fingerprint density at radius 1 is 1.00 bits per heavy atom. The third-order valence-electron chi connectivity index (χ3n) is 9.30. The van der Waals surface area contributed by atoms with Crippen LogP contribution in [0.25, 0.3) is 0 Å². The summed E-state index contributed by atoms with van der Waals surface area (Å²) in [4.78, 5) is 12.0. The quantitative estimate of drug-likeness (QED) is 0.584. The van der Waals surface area contributed by atoms with Gasteiger partial charge in [-0.25, -0.2) is 0 Å². The zero-order chi connectivity index (χ0) is 19.1. The molecule has 2 heteroatoms. The van der Waals surface area contributed by atoms with Crippen molar-refractivity contribution in [3.8, 4) is 0 Å². The molecule has 0 spiro atoms. The fourth-order valence-corrected chi connectivity index (χ4v) is 7.95. The molecule has 4 aliphatic rings. The van der Waals surface area contributed by atoms with Gasteiger partial charge in [0.05, 0.1) is 6.10 Å². The maximum Gasteiger partial charge on any atom is 0.133 e. The maximum atomic E-state index is 12.0. The van der Waals surface area contributed by atoms with E-state index < -0.39 is 0 Å². The van der Waals surface area contributed by atoms with E-state index in [1.807, 2.05) is 20.8 Å². The minimum Gasteiger partial charge on any atom is -0.393 e. The minimum absolute atomic E-state index is 0. The summed E-state index contributed by atoms with van der Waals surface area (Å²) >= 11 is 0. The van der Waals surface area contributed by atoms with Crippen LogP contribution in [-0.2, 0) is 4.79 Å². The number of aliphatic hydroxyl groups excluding tert-OH is 1. The lowest BCUT2D eigenvalue weighted by Crippen LogP contribution is -2.53. The van der Waals surface area contributed by atoms with E-state index in [9.17, 15) is 9.90 Å². The Morgan fingerprint density at radius 2 is 1.67 bits per heavy atom. The molecule has 0 saturated heterocycles. The third-order valence-corrected chi connectivity index (χ3v) is 9.30. The lowest BCUT2D eigenvalue weighted by atomic mass is 9.44. The summed E-state index contributed by atoms with van der Waals surface area (Å²) < 4.78 is 0. The molecule has 158 valence electrons. The summed E-state index contributed by atoms with van der Waals surface area (Å²) in [6.45, 7) is 11.0. The Bertz CT molecular complexity index is 512. The Morgan fingerprint density at radius 3 is 2.33 bits per heavy atom. The number of Topliss-reactive ketones (excluding diaryl/α,β-unsaturated/α-hetero) is 1. The first-order chi connectivity index (χ1) is 12.3. The van der Waals surface area contributed by atoms with Crippen molar-refractivity contribution in [3.63, 3.8) is 0 Å². The Hall–Kier alpha value is -0.370. The smallest absolute Gasteiger partial charge is 0.133 e. The number of rotatable bonds is 2. The molecule has 27 heavy (non-hydrogen) atoms. The number of hydrogen-bond donors (Lipinski definition) is 1. The molecule has 0 aliphatic heterocycles. The van der Waals surface area contributed by atoms with Crippen LogP contribution in [0.15, 0.2) is 0 Å². The van der Waals surface area contributed by atoms with Crippen LogP contribution in [-0.4, -0.2) is 17.0 Å². The zero-order valence-electron chi connectivity index (χ0n) is 17.9. The summed E-state index contributed by atoms with van der Waals surface area (Å²) in [6, 6.07) is 0. The van der Waals surface area contributed by atoms with Crippen molar-refractivity contribution >= 4 is 5.78 Å². The van der Waals surface area contributed by atoms with E-state index in [2.05, 4.69) is 13.8 Å². The second-order valence-electron chi connectivity index (χ2n) is 10.3. The van der Waals surface area contributed by atoms with Crippen molar-refractivity contribution in [2.75, 3.05) is 0 Å². The molecule has 0 aromatic rings. The summed E-state index contributed by atoms with van der Waals surface area (Å²) in [5.74, 6) is 4.52. The van der Waals surface area contributed by atoms with Crippen LogP contribution in [0.5, 0.6) is 0 Å². The van der Waals surface area contributed by atoms with Gasteiger partial charge in [0, 0.05) is 12.8 Å². The van der Waals surface area contributed by atoms with E-state index in [1.54, 1.807) is 0 Å². The fraction of sp³-hybridized carbons (Fsp3) is 0.960. The SMILES string of the molecule is C.CC.CC(O)CC1CCC2[C@@H]3CCC4CC(=O)CCC4(C)C3CCC12C. The van der Waals surface area contributed by atoms with Crippen LogP contribution in [0.2, 0.25) is 0 Å². The lowest BCUT2D eigenvalue weighted by molar-refractivity contribution is -0.139. The van der Waals surface area contributed by atoms with E-state index in [4.69, 9.17) is 0 Å².